The highest BCUT2D eigenvalue weighted by Gasteiger charge is 2.33. The fourth-order valence-electron chi connectivity index (χ4n) is 3.20. The van der Waals surface area contributed by atoms with Crippen molar-refractivity contribution in [1.29, 1.82) is 0 Å². The molecule has 0 aromatic heterocycles. The van der Waals surface area contributed by atoms with Gasteiger partial charge in [0.25, 0.3) is 0 Å². The quantitative estimate of drug-likeness (QED) is 0.933. The lowest BCUT2D eigenvalue weighted by Gasteiger charge is -2.17. The molecule has 2 atom stereocenters. The topological polar surface area (TPSA) is 23.5 Å². The van der Waals surface area contributed by atoms with Gasteiger partial charge in [-0.15, -0.1) is 0 Å². The van der Waals surface area contributed by atoms with Crippen molar-refractivity contribution in [2.75, 3.05) is 19.7 Å². The second kappa shape index (κ2) is 6.61. The zero-order chi connectivity index (χ0) is 14.7. The highest BCUT2D eigenvalue weighted by atomic mass is 35.5. The molecule has 0 amide bonds. The molecule has 21 heavy (non-hydrogen) atoms. The molecule has 0 saturated carbocycles. The summed E-state index contributed by atoms with van der Waals surface area (Å²) in [6, 6.07) is 18.5. The molecule has 3 heteroatoms. The molecule has 1 heterocycles. The summed E-state index contributed by atoms with van der Waals surface area (Å²) >= 11 is 5.96. The van der Waals surface area contributed by atoms with Gasteiger partial charge in [0.1, 0.15) is 0 Å². The summed E-state index contributed by atoms with van der Waals surface area (Å²) in [6.45, 7) is 3.11. The van der Waals surface area contributed by atoms with E-state index >= 15 is 0 Å². The molecule has 2 aromatic rings. The number of hydrogen-bond donors (Lipinski definition) is 1. The third-order valence-electron chi connectivity index (χ3n) is 4.30. The highest BCUT2D eigenvalue weighted by Crippen LogP contribution is 2.33. The molecule has 1 N–H and O–H groups in total. The van der Waals surface area contributed by atoms with E-state index in [1.54, 1.807) is 0 Å². The Hall–Kier alpha value is -1.35. The Morgan fingerprint density at radius 3 is 2.38 bits per heavy atom. The molecular formula is C18H20ClNO. The van der Waals surface area contributed by atoms with Crippen LogP contribution in [0.1, 0.15) is 17.0 Å². The van der Waals surface area contributed by atoms with E-state index in [9.17, 15) is 5.11 Å². The second-order valence-electron chi connectivity index (χ2n) is 5.78. The minimum atomic E-state index is 0.235. The van der Waals surface area contributed by atoms with E-state index in [0.29, 0.717) is 11.8 Å². The van der Waals surface area contributed by atoms with Crippen molar-refractivity contribution in [2.24, 2.45) is 5.92 Å². The fourth-order valence-corrected chi connectivity index (χ4v) is 3.33. The van der Waals surface area contributed by atoms with Crippen LogP contribution >= 0.6 is 11.6 Å². The average molecular weight is 302 g/mol. The molecule has 0 spiro atoms. The first-order valence-electron chi connectivity index (χ1n) is 7.39. The van der Waals surface area contributed by atoms with Crippen molar-refractivity contribution in [1.82, 2.24) is 4.90 Å². The minimum absolute atomic E-state index is 0.235. The van der Waals surface area contributed by atoms with Crippen LogP contribution in [0.25, 0.3) is 0 Å². The van der Waals surface area contributed by atoms with Gasteiger partial charge in [0.15, 0.2) is 0 Å². The lowest BCUT2D eigenvalue weighted by Crippen LogP contribution is -2.20. The van der Waals surface area contributed by atoms with Crippen LogP contribution in [0.3, 0.4) is 0 Å². The maximum Gasteiger partial charge on any atom is 0.0477 e. The Morgan fingerprint density at radius 1 is 1.00 bits per heavy atom. The first-order chi connectivity index (χ1) is 10.3. The van der Waals surface area contributed by atoms with E-state index < -0.39 is 0 Å². The van der Waals surface area contributed by atoms with Gasteiger partial charge in [-0.2, -0.15) is 0 Å². The predicted molar refractivity (Wildman–Crippen MR) is 86.5 cm³/mol. The van der Waals surface area contributed by atoms with Crippen molar-refractivity contribution in [3.05, 3.63) is 70.7 Å². The highest BCUT2D eigenvalue weighted by molar-refractivity contribution is 6.30. The zero-order valence-corrected chi connectivity index (χ0v) is 12.7. The van der Waals surface area contributed by atoms with Gasteiger partial charge in [-0.1, -0.05) is 54.1 Å². The summed E-state index contributed by atoms with van der Waals surface area (Å²) in [6.07, 6.45) is 0. The van der Waals surface area contributed by atoms with Crippen LogP contribution < -0.4 is 0 Å². The molecule has 1 fully saturated rings. The van der Waals surface area contributed by atoms with Crippen molar-refractivity contribution in [2.45, 2.75) is 12.5 Å². The third kappa shape index (κ3) is 3.46. The van der Waals surface area contributed by atoms with Crippen LogP contribution in [0.5, 0.6) is 0 Å². The van der Waals surface area contributed by atoms with E-state index in [0.717, 1.165) is 24.7 Å². The van der Waals surface area contributed by atoms with E-state index in [1.807, 2.05) is 18.2 Å². The molecule has 0 unspecified atom stereocenters. The summed E-state index contributed by atoms with van der Waals surface area (Å²) in [5.41, 5.74) is 2.60. The molecule has 0 bridgehead atoms. The Labute approximate surface area is 131 Å². The maximum atomic E-state index is 9.68. The molecule has 2 nitrogen and oxygen atoms in total. The monoisotopic (exact) mass is 301 g/mol. The van der Waals surface area contributed by atoms with Crippen molar-refractivity contribution in [3.63, 3.8) is 0 Å². The van der Waals surface area contributed by atoms with Gasteiger partial charge in [0, 0.05) is 43.1 Å². The van der Waals surface area contributed by atoms with Crippen LogP contribution in [0.15, 0.2) is 54.6 Å². The first kappa shape index (κ1) is 14.6. The summed E-state index contributed by atoms with van der Waals surface area (Å²) in [5.74, 6) is 0.686. The molecule has 2 aromatic carbocycles. The first-order valence-corrected chi connectivity index (χ1v) is 7.76. The second-order valence-corrected chi connectivity index (χ2v) is 6.22. The number of aliphatic hydroxyl groups excluding tert-OH is 1. The molecule has 110 valence electrons. The van der Waals surface area contributed by atoms with Crippen molar-refractivity contribution >= 4 is 11.6 Å². The number of likely N-dealkylation sites (tertiary alicyclic amines) is 1. The molecule has 1 aliphatic rings. The zero-order valence-electron chi connectivity index (χ0n) is 12.0. The van der Waals surface area contributed by atoms with Crippen LogP contribution in [0.2, 0.25) is 5.02 Å². The molecule has 0 aliphatic carbocycles. The molecule has 1 saturated heterocycles. The molecule has 3 rings (SSSR count). The Kier molecular flexibility index (Phi) is 4.59. The summed E-state index contributed by atoms with van der Waals surface area (Å²) in [5, 5.41) is 10.4. The van der Waals surface area contributed by atoms with Gasteiger partial charge in [-0.05, 0) is 23.3 Å². The Balaban J connectivity index is 1.72. The van der Waals surface area contributed by atoms with Gasteiger partial charge < -0.3 is 5.11 Å². The molecular weight excluding hydrogens is 282 g/mol. The Bertz CT molecular complexity index is 570. The van der Waals surface area contributed by atoms with Crippen molar-refractivity contribution < 1.29 is 5.11 Å². The van der Waals surface area contributed by atoms with Crippen molar-refractivity contribution in [3.8, 4) is 0 Å². The van der Waals surface area contributed by atoms with E-state index in [2.05, 4.69) is 41.3 Å². The van der Waals surface area contributed by atoms with Gasteiger partial charge in [-0.3, -0.25) is 4.90 Å². The average Bonchev–Trinajstić information content (AvgIpc) is 2.92. The third-order valence-corrected chi connectivity index (χ3v) is 4.55. The van der Waals surface area contributed by atoms with Gasteiger partial charge in [-0.25, -0.2) is 0 Å². The predicted octanol–water partition coefficient (Wildman–Crippen LogP) is 3.55. The standard InChI is InChI=1S/C18H20ClNO/c19-17-8-6-15(7-9-17)18-12-20(11-16(18)13-21)10-14-4-2-1-3-5-14/h1-9,16,18,21H,10-13H2/t16-,18-/m0/s1. The Morgan fingerprint density at radius 2 is 1.71 bits per heavy atom. The normalized spacial score (nSPS) is 22.6. The van der Waals surface area contributed by atoms with E-state index in [4.69, 9.17) is 11.6 Å². The van der Waals surface area contributed by atoms with Gasteiger partial charge in [0.05, 0.1) is 0 Å². The lowest BCUT2D eigenvalue weighted by atomic mass is 9.90. The number of nitrogens with zero attached hydrogens (tertiary/aromatic N) is 1. The summed E-state index contributed by atoms with van der Waals surface area (Å²) in [7, 11) is 0. The van der Waals surface area contributed by atoms with Crippen LogP contribution in [-0.4, -0.2) is 29.7 Å². The summed E-state index contributed by atoms with van der Waals surface area (Å²) < 4.78 is 0. The van der Waals surface area contributed by atoms with Gasteiger partial charge in [0.2, 0.25) is 0 Å². The van der Waals surface area contributed by atoms with Crippen LogP contribution in [-0.2, 0) is 6.54 Å². The van der Waals surface area contributed by atoms with E-state index in [1.165, 1.54) is 11.1 Å². The van der Waals surface area contributed by atoms with Gasteiger partial charge >= 0.3 is 0 Å². The fraction of sp³-hybridized carbons (Fsp3) is 0.333. The number of hydrogen-bond acceptors (Lipinski definition) is 2. The SMILES string of the molecule is OC[C@@H]1CN(Cc2ccccc2)C[C@H]1c1ccc(Cl)cc1. The smallest absolute Gasteiger partial charge is 0.0477 e. The number of aliphatic hydroxyl groups is 1. The number of halogens is 1. The summed E-state index contributed by atoms with van der Waals surface area (Å²) in [4.78, 5) is 2.43. The van der Waals surface area contributed by atoms with Crippen LogP contribution in [0, 0.1) is 5.92 Å². The largest absolute Gasteiger partial charge is 0.396 e. The number of rotatable bonds is 4. The van der Waals surface area contributed by atoms with E-state index in [-0.39, 0.29) is 6.61 Å². The number of benzene rings is 2. The lowest BCUT2D eigenvalue weighted by molar-refractivity contribution is 0.214. The maximum absolute atomic E-state index is 9.68. The minimum Gasteiger partial charge on any atom is -0.396 e. The molecule has 0 radical (unpaired) electrons. The van der Waals surface area contributed by atoms with Crippen LogP contribution in [0.4, 0.5) is 0 Å². The molecule has 1 aliphatic heterocycles.